The summed E-state index contributed by atoms with van der Waals surface area (Å²) in [5, 5.41) is 1.69. The highest BCUT2D eigenvalue weighted by molar-refractivity contribution is 9.10. The van der Waals surface area contributed by atoms with Gasteiger partial charge in [-0.3, -0.25) is 4.72 Å². The van der Waals surface area contributed by atoms with Crippen LogP contribution in [0.25, 0.3) is 0 Å². The average molecular weight is 363 g/mol. The van der Waals surface area contributed by atoms with Gasteiger partial charge in [0.25, 0.3) is 10.0 Å². The molecule has 2 rings (SSSR count). The van der Waals surface area contributed by atoms with Crippen molar-refractivity contribution in [3.05, 3.63) is 34.1 Å². The SMILES string of the molecule is COc1ccc(N)c(NS(=O)(=O)c2sccc2Br)c1. The van der Waals surface area contributed by atoms with E-state index in [0.717, 1.165) is 11.3 Å². The van der Waals surface area contributed by atoms with Crippen LogP contribution in [-0.4, -0.2) is 15.5 Å². The fourth-order valence-corrected chi connectivity index (χ4v) is 4.83. The molecule has 0 unspecified atom stereocenters. The number of hydrogen-bond acceptors (Lipinski definition) is 5. The second-order valence-corrected chi connectivity index (χ2v) is 7.26. The number of nitrogens with one attached hydrogen (secondary N) is 1. The number of thiophene rings is 1. The van der Waals surface area contributed by atoms with E-state index in [4.69, 9.17) is 10.5 Å². The van der Waals surface area contributed by atoms with Gasteiger partial charge in [-0.05, 0) is 39.5 Å². The molecule has 0 aliphatic heterocycles. The number of ether oxygens (including phenoxy) is 1. The Balaban J connectivity index is 2.38. The first-order valence-corrected chi connectivity index (χ1v) is 8.29. The summed E-state index contributed by atoms with van der Waals surface area (Å²) in [5.74, 6) is 0.525. The Morgan fingerprint density at radius 3 is 2.68 bits per heavy atom. The molecule has 0 amide bonds. The lowest BCUT2D eigenvalue weighted by molar-refractivity contribution is 0.415. The van der Waals surface area contributed by atoms with Gasteiger partial charge in [-0.2, -0.15) is 0 Å². The number of benzene rings is 1. The second kappa shape index (κ2) is 5.40. The van der Waals surface area contributed by atoms with Crippen LogP contribution in [0.15, 0.2) is 38.3 Å². The summed E-state index contributed by atoms with van der Waals surface area (Å²) in [5.41, 5.74) is 6.37. The maximum Gasteiger partial charge on any atom is 0.272 e. The quantitative estimate of drug-likeness (QED) is 0.819. The third-order valence-electron chi connectivity index (χ3n) is 2.33. The minimum Gasteiger partial charge on any atom is -0.497 e. The summed E-state index contributed by atoms with van der Waals surface area (Å²) >= 11 is 4.32. The first-order chi connectivity index (χ1) is 8.94. The summed E-state index contributed by atoms with van der Waals surface area (Å²) in [4.78, 5) is 0. The van der Waals surface area contributed by atoms with Crippen molar-refractivity contribution in [1.82, 2.24) is 0 Å². The van der Waals surface area contributed by atoms with Crippen molar-refractivity contribution < 1.29 is 13.2 Å². The van der Waals surface area contributed by atoms with Crippen LogP contribution in [-0.2, 0) is 10.0 Å². The number of halogens is 1. The second-order valence-electron chi connectivity index (χ2n) is 3.61. The Bertz CT molecular complexity index is 698. The minimum atomic E-state index is -3.66. The lowest BCUT2D eigenvalue weighted by atomic mass is 10.2. The third kappa shape index (κ3) is 3.02. The van der Waals surface area contributed by atoms with Crippen LogP contribution >= 0.6 is 27.3 Å². The van der Waals surface area contributed by atoms with Gasteiger partial charge in [-0.15, -0.1) is 11.3 Å². The van der Waals surface area contributed by atoms with Gasteiger partial charge < -0.3 is 10.5 Å². The molecular weight excluding hydrogens is 352 g/mol. The van der Waals surface area contributed by atoms with E-state index < -0.39 is 10.0 Å². The predicted octanol–water partition coefficient (Wildman–Crippen LogP) is 2.90. The van der Waals surface area contributed by atoms with Crippen LogP contribution in [0.1, 0.15) is 0 Å². The Morgan fingerprint density at radius 1 is 1.37 bits per heavy atom. The number of anilines is 2. The van der Waals surface area contributed by atoms with Gasteiger partial charge in [0, 0.05) is 10.5 Å². The highest BCUT2D eigenvalue weighted by atomic mass is 79.9. The van der Waals surface area contributed by atoms with Gasteiger partial charge in [-0.25, -0.2) is 8.42 Å². The maximum absolute atomic E-state index is 12.2. The van der Waals surface area contributed by atoms with Crippen molar-refractivity contribution in [1.29, 1.82) is 0 Å². The van der Waals surface area contributed by atoms with Gasteiger partial charge in [0.15, 0.2) is 4.21 Å². The van der Waals surface area contributed by atoms with Crippen LogP contribution in [0.3, 0.4) is 0 Å². The minimum absolute atomic E-state index is 0.203. The van der Waals surface area contributed by atoms with Gasteiger partial charge >= 0.3 is 0 Å². The fraction of sp³-hybridized carbons (Fsp3) is 0.0909. The van der Waals surface area contributed by atoms with Gasteiger partial charge in [0.1, 0.15) is 5.75 Å². The molecule has 0 spiro atoms. The van der Waals surface area contributed by atoms with E-state index in [-0.39, 0.29) is 4.21 Å². The zero-order valence-electron chi connectivity index (χ0n) is 9.88. The maximum atomic E-state index is 12.2. The summed E-state index contributed by atoms with van der Waals surface area (Å²) in [6.45, 7) is 0. The molecule has 0 fully saturated rings. The van der Waals surface area contributed by atoms with Crippen LogP contribution in [0.5, 0.6) is 5.75 Å². The zero-order chi connectivity index (χ0) is 14.0. The number of sulfonamides is 1. The standard InChI is InChI=1S/C11H11BrN2O3S2/c1-17-7-2-3-9(13)10(6-7)14-19(15,16)11-8(12)4-5-18-11/h2-6,14H,13H2,1H3. The van der Waals surface area contributed by atoms with Crippen molar-refractivity contribution in [3.8, 4) is 5.75 Å². The Morgan fingerprint density at radius 2 is 2.11 bits per heavy atom. The first-order valence-electron chi connectivity index (χ1n) is 5.13. The predicted molar refractivity (Wildman–Crippen MR) is 80.2 cm³/mol. The van der Waals surface area contributed by atoms with Crippen LogP contribution < -0.4 is 15.2 Å². The van der Waals surface area contributed by atoms with Crippen molar-refractivity contribution in [3.63, 3.8) is 0 Å². The number of nitrogens with two attached hydrogens (primary N) is 1. The molecule has 0 saturated carbocycles. The highest BCUT2D eigenvalue weighted by Crippen LogP contribution is 2.31. The molecule has 5 nitrogen and oxygen atoms in total. The monoisotopic (exact) mass is 362 g/mol. The average Bonchev–Trinajstić information content (AvgIpc) is 2.79. The van der Waals surface area contributed by atoms with Crippen molar-refractivity contribution in [2.24, 2.45) is 0 Å². The van der Waals surface area contributed by atoms with Gasteiger partial charge in [0.05, 0.1) is 18.5 Å². The number of methoxy groups -OCH3 is 1. The van der Waals surface area contributed by atoms with Crippen LogP contribution in [0, 0.1) is 0 Å². The zero-order valence-corrected chi connectivity index (χ0v) is 13.1. The Kier molecular flexibility index (Phi) is 4.02. The van der Waals surface area contributed by atoms with Gasteiger partial charge in [-0.1, -0.05) is 0 Å². The molecule has 0 radical (unpaired) electrons. The van der Waals surface area contributed by atoms with E-state index in [1.54, 1.807) is 23.6 Å². The molecule has 102 valence electrons. The van der Waals surface area contributed by atoms with E-state index in [2.05, 4.69) is 20.7 Å². The van der Waals surface area contributed by atoms with E-state index in [0.29, 0.717) is 21.6 Å². The van der Waals surface area contributed by atoms with E-state index >= 15 is 0 Å². The molecule has 0 atom stereocenters. The lowest BCUT2D eigenvalue weighted by Gasteiger charge is -2.11. The fourth-order valence-electron chi connectivity index (χ4n) is 1.41. The van der Waals surface area contributed by atoms with Crippen molar-refractivity contribution >= 4 is 48.7 Å². The molecule has 2 aromatic rings. The molecule has 8 heteroatoms. The molecule has 1 aromatic heterocycles. The molecule has 0 bridgehead atoms. The largest absolute Gasteiger partial charge is 0.497 e. The molecule has 0 saturated heterocycles. The summed E-state index contributed by atoms with van der Waals surface area (Å²) < 4.78 is 32.6. The van der Waals surface area contributed by atoms with Gasteiger partial charge in [0.2, 0.25) is 0 Å². The molecule has 19 heavy (non-hydrogen) atoms. The molecule has 0 aliphatic rings. The number of rotatable bonds is 4. The molecule has 1 aromatic carbocycles. The van der Waals surface area contributed by atoms with E-state index in [9.17, 15) is 8.42 Å². The Labute approximate surface area is 123 Å². The number of hydrogen-bond donors (Lipinski definition) is 2. The van der Waals surface area contributed by atoms with Crippen molar-refractivity contribution in [2.75, 3.05) is 17.6 Å². The van der Waals surface area contributed by atoms with E-state index in [1.807, 2.05) is 0 Å². The molecule has 1 heterocycles. The highest BCUT2D eigenvalue weighted by Gasteiger charge is 2.20. The number of nitrogen functional groups attached to an aromatic ring is 1. The molecular formula is C11H11BrN2O3S2. The topological polar surface area (TPSA) is 81.4 Å². The molecule has 3 N–H and O–H groups in total. The van der Waals surface area contributed by atoms with Crippen LogP contribution in [0.4, 0.5) is 11.4 Å². The van der Waals surface area contributed by atoms with Crippen molar-refractivity contribution in [2.45, 2.75) is 4.21 Å². The lowest BCUT2D eigenvalue weighted by Crippen LogP contribution is -2.13. The first kappa shape index (κ1) is 14.2. The third-order valence-corrected chi connectivity index (χ3v) is 6.37. The van der Waals surface area contributed by atoms with Crippen LogP contribution in [0.2, 0.25) is 0 Å². The summed E-state index contributed by atoms with van der Waals surface area (Å²) in [6.07, 6.45) is 0. The summed E-state index contributed by atoms with van der Waals surface area (Å²) in [6, 6.07) is 6.46. The Hall–Kier alpha value is -1.25. The summed E-state index contributed by atoms with van der Waals surface area (Å²) in [7, 11) is -2.16. The smallest absolute Gasteiger partial charge is 0.272 e. The molecule has 0 aliphatic carbocycles. The van der Waals surface area contributed by atoms with E-state index in [1.165, 1.54) is 13.2 Å². The normalized spacial score (nSPS) is 11.3.